The number of rotatable bonds is 48. The molecule has 1 aliphatic rings. The van der Waals surface area contributed by atoms with E-state index in [2.05, 4.69) is 52.2 Å². The summed E-state index contributed by atoms with van der Waals surface area (Å²) in [6.07, 6.45) is 53.5. The largest absolute Gasteiger partial charge is 0.481 e. The number of aliphatic carboxylic acids is 2. The molecule has 0 heterocycles. The minimum Gasteiger partial charge on any atom is -0.481 e. The Morgan fingerprint density at radius 1 is 0.361 bits per heavy atom. The van der Waals surface area contributed by atoms with Gasteiger partial charge >= 0.3 is 11.9 Å². The lowest BCUT2D eigenvalue weighted by molar-refractivity contribution is -0.161. The van der Waals surface area contributed by atoms with Gasteiger partial charge in [0.25, 0.3) is 0 Å². The second-order valence-electron chi connectivity index (χ2n) is 22.1. The van der Waals surface area contributed by atoms with Gasteiger partial charge in [0.05, 0.1) is 23.7 Å². The van der Waals surface area contributed by atoms with Gasteiger partial charge in [-0.15, -0.1) is 0 Å². The molecular formula is C62H124N4O6. The smallest absolute Gasteiger partial charge is 0.307 e. The van der Waals surface area contributed by atoms with E-state index in [9.17, 15) is 29.4 Å². The van der Waals surface area contributed by atoms with Crippen LogP contribution in [0.5, 0.6) is 0 Å². The van der Waals surface area contributed by atoms with Crippen LogP contribution in [0.1, 0.15) is 311 Å². The number of hydrogen-bond donors (Lipinski definition) is 6. The quantitative estimate of drug-likeness (QED) is 0.0325. The second-order valence-corrected chi connectivity index (χ2v) is 22.1. The second kappa shape index (κ2) is 55.0. The van der Waals surface area contributed by atoms with Gasteiger partial charge in [-0.3, -0.25) is 19.2 Å². The lowest BCUT2D eigenvalue weighted by Gasteiger charge is -2.37. The Hall–Kier alpha value is -2.20. The van der Waals surface area contributed by atoms with Crippen molar-refractivity contribution in [3.63, 3.8) is 0 Å². The average molecular weight is 1020 g/mol. The number of carbonyl (C=O) groups excluding carboxylic acids is 2. The maximum atomic E-state index is 13.2. The monoisotopic (exact) mass is 1020 g/mol. The van der Waals surface area contributed by atoms with E-state index >= 15 is 0 Å². The fourth-order valence-electron chi connectivity index (χ4n) is 10.4. The molecule has 0 aromatic carbocycles. The molecule has 1 saturated carbocycles. The Labute approximate surface area is 446 Å². The van der Waals surface area contributed by atoms with E-state index in [-0.39, 0.29) is 24.7 Å². The van der Waals surface area contributed by atoms with Gasteiger partial charge in [0.2, 0.25) is 11.8 Å². The molecule has 0 spiro atoms. The molecule has 1 aliphatic carbocycles. The fourth-order valence-corrected chi connectivity index (χ4v) is 10.4. The molecule has 0 saturated heterocycles. The Balaban J connectivity index is 0. The van der Waals surface area contributed by atoms with E-state index in [1.165, 1.54) is 205 Å². The van der Waals surface area contributed by atoms with E-state index in [1.54, 1.807) is 0 Å². The number of unbranched alkanes of at least 4 members (excludes halogenated alkanes) is 32. The molecule has 8 N–H and O–H groups in total. The van der Waals surface area contributed by atoms with Crippen LogP contribution in [-0.2, 0) is 19.2 Å². The van der Waals surface area contributed by atoms with Crippen LogP contribution in [0.2, 0.25) is 0 Å². The number of carboxylic acid groups (broad SMARTS) is 2. The van der Waals surface area contributed by atoms with Crippen molar-refractivity contribution in [3.05, 3.63) is 0 Å². The first-order valence-electron chi connectivity index (χ1n) is 31.4. The highest BCUT2D eigenvalue weighted by Crippen LogP contribution is 2.39. The Morgan fingerprint density at radius 3 is 0.778 bits per heavy atom. The minimum absolute atomic E-state index is 0.144. The zero-order valence-electron chi connectivity index (χ0n) is 48.7. The summed E-state index contributed by atoms with van der Waals surface area (Å²) in [5.74, 6) is -6.58. The van der Waals surface area contributed by atoms with Crippen molar-refractivity contribution in [1.82, 2.24) is 10.6 Å². The summed E-state index contributed by atoms with van der Waals surface area (Å²) in [6.45, 7) is 15.7. The molecule has 10 nitrogen and oxygen atoms in total. The van der Waals surface area contributed by atoms with Crippen LogP contribution in [-0.4, -0.2) is 60.1 Å². The third-order valence-corrected chi connectivity index (χ3v) is 15.6. The van der Waals surface area contributed by atoms with E-state index in [4.69, 9.17) is 11.5 Å². The Kier molecular flexibility index (Phi) is 54.9. The molecule has 428 valence electrons. The van der Waals surface area contributed by atoms with Gasteiger partial charge in [-0.05, 0) is 63.5 Å². The van der Waals surface area contributed by atoms with E-state index in [0.29, 0.717) is 24.9 Å². The third kappa shape index (κ3) is 43.1. The summed E-state index contributed by atoms with van der Waals surface area (Å²) >= 11 is 0. The molecule has 6 atom stereocenters. The third-order valence-electron chi connectivity index (χ3n) is 15.6. The van der Waals surface area contributed by atoms with E-state index in [1.807, 2.05) is 0 Å². The van der Waals surface area contributed by atoms with Crippen LogP contribution in [0.3, 0.4) is 0 Å². The number of amides is 2. The first kappa shape index (κ1) is 71.9. The van der Waals surface area contributed by atoms with Crippen LogP contribution in [0, 0.1) is 35.5 Å². The molecule has 72 heavy (non-hydrogen) atoms. The lowest BCUT2D eigenvalue weighted by Crippen LogP contribution is -2.51. The van der Waals surface area contributed by atoms with Crippen molar-refractivity contribution in [2.75, 3.05) is 26.2 Å². The van der Waals surface area contributed by atoms with Gasteiger partial charge in [0, 0.05) is 13.1 Å². The highest BCUT2D eigenvalue weighted by atomic mass is 16.4. The summed E-state index contributed by atoms with van der Waals surface area (Å²) < 4.78 is 0. The van der Waals surface area contributed by atoms with Crippen molar-refractivity contribution >= 4 is 23.8 Å². The molecule has 1 fully saturated rings. The summed E-state index contributed by atoms with van der Waals surface area (Å²) in [4.78, 5) is 49.9. The molecule has 0 radical (unpaired) electrons. The predicted octanol–water partition coefficient (Wildman–Crippen LogP) is 16.5. The summed E-state index contributed by atoms with van der Waals surface area (Å²) in [5.41, 5.74) is 11.0. The molecule has 0 aromatic heterocycles. The molecule has 0 aromatic rings. The standard InChI is InChI=1S/C26H46N2O6.2C18H39N/c1-5-9-11-17(7-3)15-27-23(29)19-13-21(25(31)32)22(26(33)34)14-20(19)24(30)28-16-18(8-4)12-10-6-2;2*1-2-3-4-5-6-7-8-9-10-11-12-13-14-15-16-17-18-19/h17-22H,5-16H2,1-4H3,(H,27,29)(H,28,30)(H,31,32)(H,33,34);2*2-19H2,1H3. The van der Waals surface area contributed by atoms with Crippen molar-refractivity contribution in [3.8, 4) is 0 Å². The number of hydrogen-bond acceptors (Lipinski definition) is 6. The van der Waals surface area contributed by atoms with E-state index < -0.39 is 35.6 Å². The van der Waals surface area contributed by atoms with Crippen molar-refractivity contribution in [2.45, 2.75) is 311 Å². The maximum Gasteiger partial charge on any atom is 0.307 e. The van der Waals surface area contributed by atoms with Crippen LogP contribution < -0.4 is 22.1 Å². The maximum absolute atomic E-state index is 13.2. The first-order chi connectivity index (χ1) is 35.0. The van der Waals surface area contributed by atoms with Crippen LogP contribution in [0.25, 0.3) is 0 Å². The molecule has 0 aliphatic heterocycles. The van der Waals surface area contributed by atoms with Crippen molar-refractivity contribution in [2.24, 2.45) is 47.0 Å². The molecule has 1 rings (SSSR count). The number of nitrogens with two attached hydrogens (primary N) is 2. The van der Waals surface area contributed by atoms with Crippen LogP contribution in [0.4, 0.5) is 0 Å². The summed E-state index contributed by atoms with van der Waals surface area (Å²) in [7, 11) is 0. The Morgan fingerprint density at radius 2 is 0.583 bits per heavy atom. The predicted molar refractivity (Wildman–Crippen MR) is 308 cm³/mol. The average Bonchev–Trinajstić information content (AvgIpc) is 3.38. The summed E-state index contributed by atoms with van der Waals surface area (Å²) in [6, 6.07) is 0. The molecule has 6 unspecified atom stereocenters. The van der Waals surface area contributed by atoms with Gasteiger partial charge in [0.15, 0.2) is 0 Å². The minimum atomic E-state index is -1.23. The normalized spacial score (nSPS) is 17.2. The number of carboxylic acids is 2. The molecular weight excluding hydrogens is 897 g/mol. The number of nitrogens with one attached hydrogen (secondary N) is 2. The fraction of sp³-hybridized carbons (Fsp3) is 0.935. The molecule has 2 amide bonds. The van der Waals surface area contributed by atoms with Crippen molar-refractivity contribution < 1.29 is 29.4 Å². The highest BCUT2D eigenvalue weighted by molar-refractivity contribution is 5.90. The zero-order chi connectivity index (χ0) is 53.7. The topological polar surface area (TPSA) is 185 Å². The van der Waals surface area contributed by atoms with Gasteiger partial charge in [-0.1, -0.05) is 273 Å². The van der Waals surface area contributed by atoms with Gasteiger partial charge in [-0.2, -0.15) is 0 Å². The SMILES string of the molecule is CCCCC(CC)CNC(=O)C1CC(C(=O)O)C(C(=O)O)CC1C(=O)NCC(CC)CCCC.CCCCCCCCCCCCCCCCCCN.CCCCCCCCCCCCCCCCCCN. The van der Waals surface area contributed by atoms with Crippen LogP contribution >= 0.6 is 0 Å². The summed E-state index contributed by atoms with van der Waals surface area (Å²) in [5, 5.41) is 25.2. The molecule has 10 heteroatoms. The number of carbonyl (C=O) groups is 4. The van der Waals surface area contributed by atoms with Gasteiger partial charge in [0.1, 0.15) is 0 Å². The van der Waals surface area contributed by atoms with Crippen LogP contribution in [0.15, 0.2) is 0 Å². The zero-order valence-corrected chi connectivity index (χ0v) is 48.7. The first-order valence-corrected chi connectivity index (χ1v) is 31.4. The van der Waals surface area contributed by atoms with Gasteiger partial charge < -0.3 is 32.3 Å². The Bertz CT molecular complexity index is 1080. The molecule has 0 bridgehead atoms. The lowest BCUT2D eigenvalue weighted by atomic mass is 9.67. The van der Waals surface area contributed by atoms with Crippen molar-refractivity contribution in [1.29, 1.82) is 0 Å². The highest BCUT2D eigenvalue weighted by Gasteiger charge is 2.49. The van der Waals surface area contributed by atoms with E-state index in [0.717, 1.165) is 64.5 Å². The van der Waals surface area contributed by atoms with Gasteiger partial charge in [-0.25, -0.2) is 0 Å².